The number of carbonyl (C=O) groups excluding carboxylic acids is 2. The molecule has 1 aliphatic rings. The van der Waals surface area contributed by atoms with Crippen molar-refractivity contribution in [2.75, 3.05) is 18.5 Å². The van der Waals surface area contributed by atoms with Crippen molar-refractivity contribution in [3.8, 4) is 22.8 Å². The second-order valence-corrected chi connectivity index (χ2v) is 9.30. The van der Waals surface area contributed by atoms with E-state index in [2.05, 4.69) is 12.1 Å². The Morgan fingerprint density at radius 3 is 2.41 bits per heavy atom. The number of hydrogen-bond acceptors (Lipinski definition) is 4. The number of ether oxygens (including phenoxy) is 1. The van der Waals surface area contributed by atoms with Crippen LogP contribution in [0.25, 0.3) is 11.3 Å². The number of phenols is 1. The summed E-state index contributed by atoms with van der Waals surface area (Å²) in [6, 6.07) is 23.8. The zero-order chi connectivity index (χ0) is 26.1. The molecule has 4 aromatic rings. The molecule has 7 nitrogen and oxygen atoms in total. The second kappa shape index (κ2) is 9.85. The first kappa shape index (κ1) is 24.2. The average Bonchev–Trinajstić information content (AvgIpc) is 3.22. The SMILES string of the molecule is Cc1c(C(=O)N(C)c2ccc(O)cc2)cc(-c2ccc3c(c2)CCN(C(=O)Oc2ccccc2)C3)n1C. The molecule has 1 aromatic heterocycles. The highest BCUT2D eigenvalue weighted by Gasteiger charge is 2.24. The largest absolute Gasteiger partial charge is 0.508 e. The lowest BCUT2D eigenvalue weighted by Crippen LogP contribution is -2.37. The highest BCUT2D eigenvalue weighted by molar-refractivity contribution is 6.07. The van der Waals surface area contributed by atoms with Crippen molar-refractivity contribution in [3.05, 3.63) is 101 Å². The van der Waals surface area contributed by atoms with Gasteiger partial charge < -0.3 is 24.2 Å². The molecule has 1 N–H and O–H groups in total. The summed E-state index contributed by atoms with van der Waals surface area (Å²) in [4.78, 5) is 29.3. The van der Waals surface area contributed by atoms with Gasteiger partial charge >= 0.3 is 6.09 Å². The third kappa shape index (κ3) is 4.80. The smallest absolute Gasteiger partial charge is 0.415 e. The van der Waals surface area contributed by atoms with E-state index in [1.54, 1.807) is 53.2 Å². The van der Waals surface area contributed by atoms with Crippen molar-refractivity contribution in [1.29, 1.82) is 0 Å². The van der Waals surface area contributed by atoms with Crippen molar-refractivity contribution in [1.82, 2.24) is 9.47 Å². The van der Waals surface area contributed by atoms with Gasteiger partial charge in [-0.1, -0.05) is 30.3 Å². The van der Waals surface area contributed by atoms with Gasteiger partial charge in [0.15, 0.2) is 0 Å². The molecule has 2 heterocycles. The second-order valence-electron chi connectivity index (χ2n) is 9.30. The highest BCUT2D eigenvalue weighted by atomic mass is 16.6. The lowest BCUT2D eigenvalue weighted by molar-refractivity contribution is 0.0992. The number of nitrogens with zero attached hydrogens (tertiary/aromatic N) is 3. The lowest BCUT2D eigenvalue weighted by atomic mass is 9.96. The Kier molecular flexibility index (Phi) is 6.44. The van der Waals surface area contributed by atoms with E-state index in [1.807, 2.05) is 48.9 Å². The molecular formula is C30H29N3O4. The third-order valence-corrected chi connectivity index (χ3v) is 7.03. The molecule has 37 heavy (non-hydrogen) atoms. The summed E-state index contributed by atoms with van der Waals surface area (Å²) in [5.41, 5.74) is 6.46. The van der Waals surface area contributed by atoms with Gasteiger partial charge in [0.1, 0.15) is 11.5 Å². The van der Waals surface area contributed by atoms with E-state index in [-0.39, 0.29) is 17.7 Å². The number of aromatic nitrogens is 1. The van der Waals surface area contributed by atoms with Crippen molar-refractivity contribution in [3.63, 3.8) is 0 Å². The number of rotatable bonds is 4. The molecule has 0 radical (unpaired) electrons. The van der Waals surface area contributed by atoms with E-state index >= 15 is 0 Å². The zero-order valence-electron chi connectivity index (χ0n) is 21.1. The van der Waals surface area contributed by atoms with E-state index in [0.717, 1.165) is 28.9 Å². The molecule has 5 rings (SSSR count). The Morgan fingerprint density at radius 1 is 0.946 bits per heavy atom. The van der Waals surface area contributed by atoms with Gasteiger partial charge in [0, 0.05) is 44.3 Å². The van der Waals surface area contributed by atoms with Gasteiger partial charge in [0.05, 0.1) is 5.56 Å². The molecule has 0 fully saturated rings. The van der Waals surface area contributed by atoms with Gasteiger partial charge in [0.2, 0.25) is 0 Å². The topological polar surface area (TPSA) is 75.0 Å². The maximum atomic E-state index is 13.3. The van der Waals surface area contributed by atoms with E-state index in [4.69, 9.17) is 4.74 Å². The van der Waals surface area contributed by atoms with Crippen LogP contribution >= 0.6 is 0 Å². The Labute approximate surface area is 216 Å². The van der Waals surface area contributed by atoms with Crippen LogP contribution < -0.4 is 9.64 Å². The predicted molar refractivity (Wildman–Crippen MR) is 143 cm³/mol. The molecule has 188 valence electrons. The monoisotopic (exact) mass is 495 g/mol. The quantitative estimate of drug-likeness (QED) is 0.403. The summed E-state index contributed by atoms with van der Waals surface area (Å²) in [5, 5.41) is 9.56. The Balaban J connectivity index is 1.35. The van der Waals surface area contributed by atoms with Gasteiger partial charge in [-0.15, -0.1) is 0 Å². The molecule has 0 aliphatic carbocycles. The zero-order valence-corrected chi connectivity index (χ0v) is 21.1. The normalized spacial score (nSPS) is 12.7. The predicted octanol–water partition coefficient (Wildman–Crippen LogP) is 5.54. The number of para-hydroxylation sites is 1. The van der Waals surface area contributed by atoms with Crippen LogP contribution in [0.3, 0.4) is 0 Å². The van der Waals surface area contributed by atoms with Crippen LogP contribution in [0.2, 0.25) is 0 Å². The summed E-state index contributed by atoms with van der Waals surface area (Å²) < 4.78 is 7.54. The number of phenolic OH excluding ortho intramolecular Hbond substituents is 1. The van der Waals surface area contributed by atoms with Crippen LogP contribution in [-0.4, -0.2) is 40.2 Å². The van der Waals surface area contributed by atoms with Gasteiger partial charge in [-0.25, -0.2) is 4.79 Å². The first-order valence-electron chi connectivity index (χ1n) is 12.2. The maximum absolute atomic E-state index is 13.3. The molecule has 0 saturated carbocycles. The minimum absolute atomic E-state index is 0.115. The molecule has 3 aromatic carbocycles. The van der Waals surface area contributed by atoms with Gasteiger partial charge in [-0.05, 0) is 78.6 Å². The standard InChI is InChI=1S/C30H29N3O4/c1-20-27(29(35)32(3)24-11-13-25(34)14-12-24)18-28(31(20)2)22-9-10-23-19-33(16-15-21(23)17-22)30(36)37-26-7-5-4-6-8-26/h4-14,17-18,34H,15-16,19H2,1-3H3. The van der Waals surface area contributed by atoms with E-state index in [1.165, 1.54) is 5.56 Å². The fourth-order valence-corrected chi connectivity index (χ4v) is 4.69. The third-order valence-electron chi connectivity index (χ3n) is 7.03. The number of amides is 2. The van der Waals surface area contributed by atoms with Crippen LogP contribution in [-0.2, 0) is 20.0 Å². The van der Waals surface area contributed by atoms with Gasteiger partial charge in [0.25, 0.3) is 5.91 Å². The molecule has 2 amide bonds. The van der Waals surface area contributed by atoms with Crippen LogP contribution in [0, 0.1) is 6.92 Å². The Bertz CT molecular complexity index is 1460. The highest BCUT2D eigenvalue weighted by Crippen LogP contribution is 2.30. The minimum Gasteiger partial charge on any atom is -0.508 e. The van der Waals surface area contributed by atoms with Crippen LogP contribution in [0.15, 0.2) is 78.9 Å². The molecule has 0 spiro atoms. The lowest BCUT2D eigenvalue weighted by Gasteiger charge is -2.28. The fourth-order valence-electron chi connectivity index (χ4n) is 4.69. The molecule has 7 heteroatoms. The molecule has 0 atom stereocenters. The van der Waals surface area contributed by atoms with Gasteiger partial charge in [-0.2, -0.15) is 0 Å². The first-order chi connectivity index (χ1) is 17.8. The first-order valence-corrected chi connectivity index (χ1v) is 12.2. The fraction of sp³-hybridized carbons (Fsp3) is 0.200. The molecular weight excluding hydrogens is 466 g/mol. The number of aromatic hydroxyl groups is 1. The minimum atomic E-state index is -0.347. The van der Waals surface area contributed by atoms with Crippen LogP contribution in [0.1, 0.15) is 27.2 Å². The summed E-state index contributed by atoms with van der Waals surface area (Å²) in [6.45, 7) is 3.01. The number of carbonyl (C=O) groups is 2. The van der Waals surface area contributed by atoms with Crippen LogP contribution in [0.4, 0.5) is 10.5 Å². The number of fused-ring (bicyclic) bond motifs is 1. The molecule has 0 saturated heterocycles. The van der Waals surface area contributed by atoms with Crippen molar-refractivity contribution in [2.45, 2.75) is 19.9 Å². The van der Waals surface area contributed by atoms with E-state index in [0.29, 0.717) is 30.1 Å². The summed E-state index contributed by atoms with van der Waals surface area (Å²) in [6.07, 6.45) is 0.381. The molecule has 1 aliphatic heterocycles. The van der Waals surface area contributed by atoms with Crippen molar-refractivity contribution >= 4 is 17.7 Å². The Hall–Kier alpha value is -4.52. The maximum Gasteiger partial charge on any atom is 0.415 e. The summed E-state index contributed by atoms with van der Waals surface area (Å²) in [5.74, 6) is 0.580. The van der Waals surface area contributed by atoms with Gasteiger partial charge in [-0.3, -0.25) is 4.79 Å². The van der Waals surface area contributed by atoms with E-state index < -0.39 is 0 Å². The summed E-state index contributed by atoms with van der Waals surface area (Å²) in [7, 11) is 3.69. The van der Waals surface area contributed by atoms with Crippen LogP contribution in [0.5, 0.6) is 11.5 Å². The molecule has 0 unspecified atom stereocenters. The van der Waals surface area contributed by atoms with E-state index in [9.17, 15) is 14.7 Å². The summed E-state index contributed by atoms with van der Waals surface area (Å²) >= 11 is 0. The number of anilines is 1. The Morgan fingerprint density at radius 2 is 1.68 bits per heavy atom. The number of benzene rings is 3. The number of hydrogen-bond donors (Lipinski definition) is 1. The molecule has 0 bridgehead atoms. The average molecular weight is 496 g/mol. The van der Waals surface area contributed by atoms with Crippen molar-refractivity contribution in [2.24, 2.45) is 7.05 Å². The van der Waals surface area contributed by atoms with Crippen molar-refractivity contribution < 1.29 is 19.4 Å².